The van der Waals surface area contributed by atoms with Gasteiger partial charge in [-0.3, -0.25) is 0 Å². The Morgan fingerprint density at radius 2 is 1.48 bits per heavy atom. The summed E-state index contributed by atoms with van der Waals surface area (Å²) in [7, 11) is 0. The zero-order chi connectivity index (χ0) is 18.8. The molecule has 4 rings (SSSR count). The lowest BCUT2D eigenvalue weighted by molar-refractivity contribution is 0.299. The van der Waals surface area contributed by atoms with Crippen LogP contribution < -0.4 is 0 Å². The number of nitrogens with zero attached hydrogens (tertiary/aromatic N) is 1. The number of hydrogen-bond donors (Lipinski definition) is 1. The predicted octanol–water partition coefficient (Wildman–Crippen LogP) is 5.78. The van der Waals surface area contributed by atoms with Gasteiger partial charge in [0.05, 0.1) is 11.6 Å². The summed E-state index contributed by atoms with van der Waals surface area (Å²) in [5.74, 6) is 0. The molecule has 3 aromatic carbocycles. The van der Waals surface area contributed by atoms with E-state index in [0.717, 1.165) is 15.9 Å². The Morgan fingerprint density at radius 1 is 0.889 bits per heavy atom. The van der Waals surface area contributed by atoms with Gasteiger partial charge in [0.2, 0.25) is 0 Å². The lowest BCUT2D eigenvalue weighted by Gasteiger charge is -2.23. The maximum Gasteiger partial charge on any atom is 0.0841 e. The van der Waals surface area contributed by atoms with Crippen LogP contribution in [0.4, 0.5) is 0 Å². The topological polar surface area (TPSA) is 25.2 Å². The second-order valence-corrected chi connectivity index (χ2v) is 7.23. The Balaban J connectivity index is 2.05. The summed E-state index contributed by atoms with van der Waals surface area (Å²) in [6.07, 6.45) is 0.632. The Kier molecular flexibility index (Phi) is 5.02. The number of aliphatic hydroxyl groups excluding tert-OH is 1. The molecule has 0 fully saturated rings. The molecule has 0 saturated heterocycles. The van der Waals surface area contributed by atoms with Gasteiger partial charge in [0.15, 0.2) is 0 Å². The molecule has 0 saturated carbocycles. The zero-order valence-electron chi connectivity index (χ0n) is 15.3. The number of fused-ring (bicyclic) bond motifs is 1. The first-order chi connectivity index (χ1) is 13.2. The van der Waals surface area contributed by atoms with Crippen molar-refractivity contribution in [3.8, 4) is 0 Å². The Hall–Kier alpha value is -2.55. The van der Waals surface area contributed by atoms with Crippen molar-refractivity contribution in [2.24, 2.45) is 0 Å². The fourth-order valence-electron chi connectivity index (χ4n) is 4.00. The van der Waals surface area contributed by atoms with Gasteiger partial charge in [-0.15, -0.1) is 0 Å². The van der Waals surface area contributed by atoms with E-state index in [-0.39, 0.29) is 12.6 Å². The van der Waals surface area contributed by atoms with Crippen molar-refractivity contribution < 1.29 is 5.11 Å². The first kappa shape index (κ1) is 17.8. The van der Waals surface area contributed by atoms with E-state index < -0.39 is 0 Å². The van der Waals surface area contributed by atoms with Gasteiger partial charge in [0, 0.05) is 22.7 Å². The molecule has 27 heavy (non-hydrogen) atoms. The van der Waals surface area contributed by atoms with E-state index in [0.29, 0.717) is 6.42 Å². The van der Waals surface area contributed by atoms with Gasteiger partial charge in [-0.1, -0.05) is 78.3 Å². The van der Waals surface area contributed by atoms with Crippen LogP contribution in [0.3, 0.4) is 0 Å². The highest BCUT2D eigenvalue weighted by molar-refractivity contribution is 6.31. The van der Waals surface area contributed by atoms with Crippen LogP contribution in [0.2, 0.25) is 5.02 Å². The van der Waals surface area contributed by atoms with E-state index in [1.165, 1.54) is 22.4 Å². The third kappa shape index (κ3) is 3.27. The summed E-state index contributed by atoms with van der Waals surface area (Å²) in [6, 6.07) is 27.1. The minimum Gasteiger partial charge on any atom is -0.396 e. The summed E-state index contributed by atoms with van der Waals surface area (Å²) >= 11 is 6.36. The first-order valence-electron chi connectivity index (χ1n) is 9.20. The van der Waals surface area contributed by atoms with Crippen LogP contribution in [0.25, 0.3) is 10.9 Å². The maximum absolute atomic E-state index is 9.60. The molecule has 0 unspecified atom stereocenters. The van der Waals surface area contributed by atoms with Gasteiger partial charge in [0.25, 0.3) is 0 Å². The molecule has 1 N–H and O–H groups in total. The molecular formula is C24H22ClNO. The molecule has 1 aromatic heterocycles. The van der Waals surface area contributed by atoms with Gasteiger partial charge in [-0.25, -0.2) is 0 Å². The van der Waals surface area contributed by atoms with Gasteiger partial charge in [-0.2, -0.15) is 0 Å². The third-order valence-corrected chi connectivity index (χ3v) is 5.43. The van der Waals surface area contributed by atoms with Crippen molar-refractivity contribution >= 4 is 22.5 Å². The van der Waals surface area contributed by atoms with E-state index in [4.69, 9.17) is 11.6 Å². The molecule has 136 valence electrons. The van der Waals surface area contributed by atoms with Crippen molar-refractivity contribution in [1.29, 1.82) is 0 Å². The van der Waals surface area contributed by atoms with Crippen LogP contribution in [0.5, 0.6) is 0 Å². The fraction of sp³-hybridized carbons (Fsp3) is 0.167. The zero-order valence-corrected chi connectivity index (χ0v) is 16.0. The van der Waals surface area contributed by atoms with Crippen LogP contribution in [-0.2, 0) is 6.42 Å². The summed E-state index contributed by atoms with van der Waals surface area (Å²) in [5.41, 5.74) is 5.89. The molecule has 0 spiro atoms. The largest absolute Gasteiger partial charge is 0.396 e. The van der Waals surface area contributed by atoms with Crippen LogP contribution in [0.15, 0.2) is 78.9 Å². The predicted molar refractivity (Wildman–Crippen MR) is 113 cm³/mol. The highest BCUT2D eigenvalue weighted by atomic mass is 35.5. The van der Waals surface area contributed by atoms with Crippen molar-refractivity contribution in [2.75, 3.05) is 6.61 Å². The third-order valence-electron chi connectivity index (χ3n) is 5.19. The normalized spacial score (nSPS) is 11.4. The van der Waals surface area contributed by atoms with E-state index in [1.807, 2.05) is 24.3 Å². The SMILES string of the molecule is Cc1c(CCO)c2ccc(Cl)cc2n1C(c1ccccc1)c1ccccc1. The minimum atomic E-state index is 0.0424. The average molecular weight is 376 g/mol. The van der Waals surface area contributed by atoms with E-state index in [1.54, 1.807) is 0 Å². The van der Waals surface area contributed by atoms with Crippen LogP contribution in [-0.4, -0.2) is 16.3 Å². The number of halogens is 1. The number of aliphatic hydroxyl groups is 1. The Labute approximate surface area is 164 Å². The molecular weight excluding hydrogens is 354 g/mol. The van der Waals surface area contributed by atoms with Crippen molar-refractivity contribution in [1.82, 2.24) is 4.57 Å². The van der Waals surface area contributed by atoms with E-state index in [9.17, 15) is 5.11 Å². The molecule has 2 nitrogen and oxygen atoms in total. The molecule has 0 aliphatic heterocycles. The summed E-state index contributed by atoms with van der Waals surface area (Å²) in [6.45, 7) is 2.27. The minimum absolute atomic E-state index is 0.0424. The summed E-state index contributed by atoms with van der Waals surface area (Å²) in [5, 5.41) is 11.5. The number of hydrogen-bond acceptors (Lipinski definition) is 1. The molecule has 1 heterocycles. The number of aromatic nitrogens is 1. The standard InChI is InChI=1S/C24H22ClNO/c1-17-21(14-15-27)22-13-12-20(25)16-23(22)26(17)24(18-8-4-2-5-9-18)19-10-6-3-7-11-19/h2-13,16,24,27H,14-15H2,1H3. The molecule has 0 aliphatic rings. The number of benzene rings is 3. The van der Waals surface area contributed by atoms with Crippen molar-refractivity contribution in [2.45, 2.75) is 19.4 Å². The van der Waals surface area contributed by atoms with E-state index >= 15 is 0 Å². The highest BCUT2D eigenvalue weighted by Gasteiger charge is 2.23. The Morgan fingerprint density at radius 3 is 2.04 bits per heavy atom. The average Bonchev–Trinajstić information content (AvgIpc) is 2.96. The monoisotopic (exact) mass is 375 g/mol. The van der Waals surface area contributed by atoms with Crippen LogP contribution in [0.1, 0.15) is 28.4 Å². The number of rotatable bonds is 5. The summed E-state index contributed by atoms with van der Waals surface area (Å²) < 4.78 is 2.36. The van der Waals surface area contributed by atoms with Crippen LogP contribution >= 0.6 is 11.6 Å². The second kappa shape index (κ2) is 7.59. The fourth-order valence-corrected chi connectivity index (χ4v) is 4.17. The first-order valence-corrected chi connectivity index (χ1v) is 9.58. The van der Waals surface area contributed by atoms with Crippen molar-refractivity contribution in [3.05, 3.63) is 106 Å². The lowest BCUT2D eigenvalue weighted by atomic mass is 9.98. The molecule has 0 aliphatic carbocycles. The lowest BCUT2D eigenvalue weighted by Crippen LogP contribution is -2.14. The maximum atomic E-state index is 9.60. The summed E-state index contributed by atoms with van der Waals surface area (Å²) in [4.78, 5) is 0. The highest BCUT2D eigenvalue weighted by Crippen LogP contribution is 2.36. The van der Waals surface area contributed by atoms with Gasteiger partial charge < -0.3 is 9.67 Å². The van der Waals surface area contributed by atoms with Gasteiger partial charge in [-0.05, 0) is 42.2 Å². The van der Waals surface area contributed by atoms with E-state index in [2.05, 4.69) is 66.1 Å². The van der Waals surface area contributed by atoms with Crippen LogP contribution in [0, 0.1) is 6.92 Å². The second-order valence-electron chi connectivity index (χ2n) is 6.79. The molecule has 0 bridgehead atoms. The van der Waals surface area contributed by atoms with Gasteiger partial charge in [0.1, 0.15) is 0 Å². The van der Waals surface area contributed by atoms with Gasteiger partial charge >= 0.3 is 0 Å². The molecule has 4 aromatic rings. The molecule has 0 radical (unpaired) electrons. The Bertz CT molecular complexity index is 1010. The molecule has 0 atom stereocenters. The molecule has 3 heteroatoms. The van der Waals surface area contributed by atoms with Crippen molar-refractivity contribution in [3.63, 3.8) is 0 Å². The quantitative estimate of drug-likeness (QED) is 0.470. The smallest absolute Gasteiger partial charge is 0.0841 e. The molecule has 0 amide bonds.